The molecule has 0 saturated heterocycles. The van der Waals surface area contributed by atoms with Crippen LogP contribution < -0.4 is 11.1 Å². The molecule has 0 aliphatic carbocycles. The normalized spacial score (nSPS) is 12.7. The van der Waals surface area contributed by atoms with Crippen LogP contribution in [0, 0.1) is 5.92 Å². The van der Waals surface area contributed by atoms with Crippen LogP contribution in [0.2, 0.25) is 0 Å². The lowest BCUT2D eigenvalue weighted by atomic mass is 10.0. The van der Waals surface area contributed by atoms with Gasteiger partial charge in [0, 0.05) is 6.54 Å². The van der Waals surface area contributed by atoms with E-state index in [4.69, 9.17) is 5.73 Å². The maximum absolute atomic E-state index is 11.6. The fourth-order valence-corrected chi connectivity index (χ4v) is 1.89. The molecule has 3 N–H and O–H groups in total. The lowest BCUT2D eigenvalue weighted by Gasteiger charge is -2.15. The second-order valence-electron chi connectivity index (χ2n) is 5.54. The van der Waals surface area contributed by atoms with Gasteiger partial charge in [-0.25, -0.2) is 0 Å². The molecule has 0 aromatic rings. The van der Waals surface area contributed by atoms with Crippen molar-refractivity contribution in [2.75, 3.05) is 6.54 Å². The summed E-state index contributed by atoms with van der Waals surface area (Å²) >= 11 is 0. The van der Waals surface area contributed by atoms with Crippen molar-refractivity contribution < 1.29 is 4.79 Å². The van der Waals surface area contributed by atoms with E-state index in [1.807, 2.05) is 13.8 Å². The van der Waals surface area contributed by atoms with Gasteiger partial charge in [0.05, 0.1) is 6.04 Å². The monoisotopic (exact) mass is 256 g/mol. The van der Waals surface area contributed by atoms with Crippen molar-refractivity contribution in [3.05, 3.63) is 0 Å². The Morgan fingerprint density at radius 2 is 1.50 bits per heavy atom. The number of nitrogens with one attached hydrogen (secondary N) is 1. The van der Waals surface area contributed by atoms with Gasteiger partial charge in [-0.2, -0.15) is 0 Å². The molecule has 108 valence electrons. The van der Waals surface area contributed by atoms with Crippen molar-refractivity contribution in [1.29, 1.82) is 0 Å². The van der Waals surface area contributed by atoms with E-state index >= 15 is 0 Å². The lowest BCUT2D eigenvalue weighted by molar-refractivity contribution is -0.123. The zero-order valence-electron chi connectivity index (χ0n) is 12.5. The Balaban J connectivity index is 3.27. The molecule has 1 atom stereocenters. The summed E-state index contributed by atoms with van der Waals surface area (Å²) in [6.45, 7) is 6.96. The average molecular weight is 256 g/mol. The van der Waals surface area contributed by atoms with Gasteiger partial charge in [-0.3, -0.25) is 4.79 Å². The number of hydrogen-bond donors (Lipinski definition) is 2. The molecule has 18 heavy (non-hydrogen) atoms. The highest BCUT2D eigenvalue weighted by molar-refractivity contribution is 5.81. The van der Waals surface area contributed by atoms with Crippen LogP contribution in [0.5, 0.6) is 0 Å². The second-order valence-corrected chi connectivity index (χ2v) is 5.54. The van der Waals surface area contributed by atoms with Crippen LogP contribution in [-0.4, -0.2) is 18.5 Å². The number of unbranched alkanes of at least 4 members (excludes halogenated alkanes) is 7. The van der Waals surface area contributed by atoms with Crippen LogP contribution in [-0.2, 0) is 4.79 Å². The highest BCUT2D eigenvalue weighted by Crippen LogP contribution is 2.08. The summed E-state index contributed by atoms with van der Waals surface area (Å²) in [4.78, 5) is 11.6. The molecule has 0 rings (SSSR count). The third kappa shape index (κ3) is 9.46. The highest BCUT2D eigenvalue weighted by atomic mass is 16.2. The third-order valence-corrected chi connectivity index (χ3v) is 3.35. The van der Waals surface area contributed by atoms with Crippen molar-refractivity contribution in [3.8, 4) is 0 Å². The average Bonchev–Trinajstić information content (AvgIpc) is 2.35. The predicted octanol–water partition coefficient (Wildman–Crippen LogP) is 3.23. The Morgan fingerprint density at radius 1 is 1.00 bits per heavy atom. The molecule has 0 saturated carbocycles. The van der Waals surface area contributed by atoms with E-state index in [9.17, 15) is 4.79 Å². The van der Waals surface area contributed by atoms with Gasteiger partial charge in [0.1, 0.15) is 0 Å². The second kappa shape index (κ2) is 11.5. The summed E-state index contributed by atoms with van der Waals surface area (Å²) in [6, 6.07) is -0.362. The Bertz CT molecular complexity index is 205. The molecule has 0 spiro atoms. The molecule has 0 bridgehead atoms. The van der Waals surface area contributed by atoms with E-state index in [1.165, 1.54) is 44.9 Å². The van der Waals surface area contributed by atoms with Gasteiger partial charge in [0.2, 0.25) is 5.91 Å². The van der Waals surface area contributed by atoms with E-state index < -0.39 is 0 Å². The predicted molar refractivity (Wildman–Crippen MR) is 78.4 cm³/mol. The molecule has 0 aromatic carbocycles. The maximum Gasteiger partial charge on any atom is 0.237 e. The number of amides is 1. The summed E-state index contributed by atoms with van der Waals surface area (Å²) in [6.07, 6.45) is 10.3. The lowest BCUT2D eigenvalue weighted by Crippen LogP contribution is -2.44. The number of hydrogen-bond acceptors (Lipinski definition) is 2. The highest BCUT2D eigenvalue weighted by Gasteiger charge is 2.15. The van der Waals surface area contributed by atoms with Crippen molar-refractivity contribution in [3.63, 3.8) is 0 Å². The quantitative estimate of drug-likeness (QED) is 0.558. The van der Waals surface area contributed by atoms with Crippen molar-refractivity contribution in [1.82, 2.24) is 5.32 Å². The van der Waals surface area contributed by atoms with Crippen LogP contribution in [0.15, 0.2) is 0 Å². The summed E-state index contributed by atoms with van der Waals surface area (Å²) in [5.41, 5.74) is 5.76. The van der Waals surface area contributed by atoms with Crippen LogP contribution in [0.4, 0.5) is 0 Å². The molecule has 3 heteroatoms. The van der Waals surface area contributed by atoms with E-state index in [0.717, 1.165) is 13.0 Å². The van der Waals surface area contributed by atoms with Crippen LogP contribution in [0.3, 0.4) is 0 Å². The topological polar surface area (TPSA) is 55.1 Å². The number of rotatable bonds is 11. The van der Waals surface area contributed by atoms with Gasteiger partial charge in [-0.15, -0.1) is 0 Å². The largest absolute Gasteiger partial charge is 0.355 e. The molecular formula is C15H32N2O. The first-order valence-electron chi connectivity index (χ1n) is 7.62. The Kier molecular flexibility index (Phi) is 11.2. The van der Waals surface area contributed by atoms with E-state index in [1.54, 1.807) is 0 Å². The molecule has 0 radical (unpaired) electrons. The zero-order valence-corrected chi connectivity index (χ0v) is 12.5. The Hall–Kier alpha value is -0.570. The van der Waals surface area contributed by atoms with Gasteiger partial charge < -0.3 is 11.1 Å². The summed E-state index contributed by atoms with van der Waals surface area (Å²) < 4.78 is 0. The van der Waals surface area contributed by atoms with Gasteiger partial charge in [0.25, 0.3) is 0 Å². The summed E-state index contributed by atoms with van der Waals surface area (Å²) in [7, 11) is 0. The van der Waals surface area contributed by atoms with Crippen molar-refractivity contribution in [2.45, 2.75) is 78.2 Å². The number of carbonyl (C=O) groups excluding carboxylic acids is 1. The fourth-order valence-electron chi connectivity index (χ4n) is 1.89. The molecule has 0 aliphatic heterocycles. The number of nitrogens with two attached hydrogens (primary N) is 1. The Morgan fingerprint density at radius 3 is 2.00 bits per heavy atom. The molecule has 0 aliphatic rings. The van der Waals surface area contributed by atoms with E-state index in [0.29, 0.717) is 0 Å². The summed E-state index contributed by atoms with van der Waals surface area (Å²) in [5, 5.41) is 2.91. The van der Waals surface area contributed by atoms with E-state index in [2.05, 4.69) is 12.2 Å². The molecule has 0 aromatic heterocycles. The molecule has 1 amide bonds. The maximum atomic E-state index is 11.6. The third-order valence-electron chi connectivity index (χ3n) is 3.35. The van der Waals surface area contributed by atoms with Gasteiger partial charge in [0.15, 0.2) is 0 Å². The first kappa shape index (κ1) is 17.4. The van der Waals surface area contributed by atoms with E-state index in [-0.39, 0.29) is 17.9 Å². The minimum Gasteiger partial charge on any atom is -0.355 e. The standard InChI is InChI=1S/C15H32N2O/c1-4-5-6-7-8-9-10-11-12-17-15(18)14(16)13(2)3/h13-14H,4-12,16H2,1-3H3,(H,17,18)/t14-/m1/s1. The minimum atomic E-state index is -0.362. The first-order valence-corrected chi connectivity index (χ1v) is 7.62. The molecular weight excluding hydrogens is 224 g/mol. The molecule has 0 heterocycles. The van der Waals surface area contributed by atoms with Crippen LogP contribution >= 0.6 is 0 Å². The minimum absolute atomic E-state index is 0.00653. The first-order chi connectivity index (χ1) is 8.59. The zero-order chi connectivity index (χ0) is 13.8. The smallest absolute Gasteiger partial charge is 0.237 e. The fraction of sp³-hybridized carbons (Fsp3) is 0.933. The van der Waals surface area contributed by atoms with Gasteiger partial charge in [-0.05, 0) is 12.3 Å². The summed E-state index contributed by atoms with van der Waals surface area (Å²) in [5.74, 6) is 0.205. The van der Waals surface area contributed by atoms with Crippen LogP contribution in [0.1, 0.15) is 72.1 Å². The Labute approximate surface area is 113 Å². The molecule has 3 nitrogen and oxygen atoms in total. The van der Waals surface area contributed by atoms with Crippen LogP contribution in [0.25, 0.3) is 0 Å². The van der Waals surface area contributed by atoms with Gasteiger partial charge in [-0.1, -0.05) is 65.7 Å². The van der Waals surface area contributed by atoms with Gasteiger partial charge >= 0.3 is 0 Å². The van der Waals surface area contributed by atoms with Crippen molar-refractivity contribution >= 4 is 5.91 Å². The molecule has 0 fully saturated rings. The number of carbonyl (C=O) groups is 1. The SMILES string of the molecule is CCCCCCCCCCNC(=O)[C@H](N)C(C)C. The molecule has 0 unspecified atom stereocenters. The van der Waals surface area contributed by atoms with Crippen molar-refractivity contribution in [2.24, 2.45) is 11.7 Å².